The lowest BCUT2D eigenvalue weighted by molar-refractivity contribution is 0.151. The summed E-state index contributed by atoms with van der Waals surface area (Å²) in [5.41, 5.74) is 2.38. The third kappa shape index (κ3) is 6.80. The number of terminal acetylenes is 1. The number of hydrazone groups is 1. The molecule has 0 spiro atoms. The van der Waals surface area contributed by atoms with Gasteiger partial charge in [-0.25, -0.2) is 13.8 Å². The van der Waals surface area contributed by atoms with Crippen LogP contribution in [-0.4, -0.2) is 30.4 Å². The Kier molecular flexibility index (Phi) is 9.90. The maximum Gasteiger partial charge on any atom is 0.263 e. The number of para-hydroxylation sites is 2. The average molecular weight is 389 g/mol. The number of rotatable bonds is 6. The third-order valence-electron chi connectivity index (χ3n) is 3.50. The van der Waals surface area contributed by atoms with Crippen LogP contribution in [0, 0.1) is 12.8 Å². The summed E-state index contributed by atoms with van der Waals surface area (Å²) in [7, 11) is 2.29. The number of fused-ring (bicyclic) bond motifs is 1. The zero-order chi connectivity index (χ0) is 20.9. The number of hydrogen-bond acceptors (Lipinski definition) is 4. The molecule has 1 heterocycles. The van der Waals surface area contributed by atoms with Crippen molar-refractivity contribution in [3.05, 3.63) is 65.5 Å². The summed E-state index contributed by atoms with van der Waals surface area (Å²) in [6, 6.07) is 13.9. The zero-order valence-electron chi connectivity index (χ0n) is 15.7. The van der Waals surface area contributed by atoms with Crippen molar-refractivity contribution in [3.63, 3.8) is 0 Å². The van der Waals surface area contributed by atoms with E-state index >= 15 is 0 Å². The predicted octanol–water partition coefficient (Wildman–Crippen LogP) is 5.26. The molecule has 0 aliphatic heterocycles. The Labute approximate surface area is 162 Å². The molecule has 0 aliphatic carbocycles. The second-order valence-corrected chi connectivity index (χ2v) is 5.44. The molecule has 0 aliphatic rings. The molecule has 1 aromatic heterocycles. The fourth-order valence-electron chi connectivity index (χ4n) is 2.40. The summed E-state index contributed by atoms with van der Waals surface area (Å²) in [5.74, 6) is 0.591. The highest BCUT2D eigenvalue weighted by Gasteiger charge is 2.08. The molecule has 0 fully saturated rings. The van der Waals surface area contributed by atoms with Gasteiger partial charge in [-0.05, 0) is 23.8 Å². The second kappa shape index (κ2) is 12.2. The van der Waals surface area contributed by atoms with Gasteiger partial charge < -0.3 is 4.42 Å². The molecule has 0 N–H and O–H groups in total. The van der Waals surface area contributed by atoms with Crippen LogP contribution in [0.4, 0.5) is 13.2 Å². The summed E-state index contributed by atoms with van der Waals surface area (Å²) in [5, 5.41) is 5.97. The number of aromatic nitrogens is 1. The summed E-state index contributed by atoms with van der Waals surface area (Å²) >= 11 is 0. The van der Waals surface area contributed by atoms with Crippen LogP contribution in [0.25, 0.3) is 11.1 Å². The highest BCUT2D eigenvalue weighted by Crippen LogP contribution is 2.20. The zero-order valence-corrected chi connectivity index (χ0v) is 15.7. The first-order valence-electron chi connectivity index (χ1n) is 8.28. The molecule has 3 rings (SSSR count). The van der Waals surface area contributed by atoms with E-state index in [0.29, 0.717) is 26.0 Å². The summed E-state index contributed by atoms with van der Waals surface area (Å²) in [4.78, 5) is 4.36. The molecule has 4 nitrogen and oxygen atoms in total. The van der Waals surface area contributed by atoms with Crippen LogP contribution in [-0.2, 0) is 13.0 Å². The van der Waals surface area contributed by atoms with E-state index in [-0.39, 0.29) is 5.56 Å². The number of oxazole rings is 1. The highest BCUT2D eigenvalue weighted by molar-refractivity contribution is 5.73. The highest BCUT2D eigenvalue weighted by atomic mass is 19.3. The Morgan fingerprint density at radius 1 is 1.14 bits per heavy atom. The minimum Gasteiger partial charge on any atom is -0.440 e. The Morgan fingerprint density at radius 3 is 2.54 bits per heavy atom. The monoisotopic (exact) mass is 389 g/mol. The minimum atomic E-state index is -2.46. The van der Waals surface area contributed by atoms with Crippen molar-refractivity contribution in [2.24, 2.45) is 5.10 Å². The van der Waals surface area contributed by atoms with Crippen molar-refractivity contribution >= 4 is 17.3 Å². The molecule has 0 saturated carbocycles. The molecular formula is C21H22F3N3O. The molecule has 0 saturated heterocycles. The van der Waals surface area contributed by atoms with Crippen molar-refractivity contribution in [2.45, 2.75) is 19.4 Å². The van der Waals surface area contributed by atoms with Gasteiger partial charge in [-0.3, -0.25) is 9.40 Å². The van der Waals surface area contributed by atoms with Crippen LogP contribution < -0.4 is 0 Å². The standard InChI is InChI=1S/C18H17F2N3O.C2H2.CH3F/c1-23(12-13-5-4-6-14(11-13)18(19)20)21-10-9-17-22-15-7-2-3-8-16(15)24-17;2*1-2/h2-8,10-11,18H,9,12H2,1H3;1-2H;1H3/b21-10-;;. The lowest BCUT2D eigenvalue weighted by atomic mass is 10.1. The summed E-state index contributed by atoms with van der Waals surface area (Å²) < 4.78 is 40.5. The Bertz CT molecular complexity index is 857. The van der Waals surface area contributed by atoms with Gasteiger partial charge in [-0.15, -0.1) is 12.8 Å². The quantitative estimate of drug-likeness (QED) is 0.328. The number of hydrogen-bond donors (Lipinski definition) is 0. The maximum atomic E-state index is 12.7. The fourth-order valence-corrected chi connectivity index (χ4v) is 2.40. The molecule has 0 atom stereocenters. The lowest BCUT2D eigenvalue weighted by Gasteiger charge is -2.13. The lowest BCUT2D eigenvalue weighted by Crippen LogP contribution is -2.11. The number of halogens is 3. The number of benzene rings is 2. The topological polar surface area (TPSA) is 41.6 Å². The third-order valence-corrected chi connectivity index (χ3v) is 3.50. The van der Waals surface area contributed by atoms with Crippen LogP contribution in [0.15, 0.2) is 58.0 Å². The molecular weight excluding hydrogens is 367 g/mol. The normalized spacial score (nSPS) is 10.3. The van der Waals surface area contributed by atoms with E-state index in [4.69, 9.17) is 4.42 Å². The predicted molar refractivity (Wildman–Crippen MR) is 106 cm³/mol. The first-order chi connectivity index (χ1) is 13.6. The molecule has 148 valence electrons. The molecule has 7 heteroatoms. The van der Waals surface area contributed by atoms with Gasteiger partial charge in [0.2, 0.25) is 5.89 Å². The summed E-state index contributed by atoms with van der Waals surface area (Å²) in [6.45, 7) is 0.449. The van der Waals surface area contributed by atoms with Crippen molar-refractivity contribution in [1.82, 2.24) is 9.99 Å². The second-order valence-electron chi connectivity index (χ2n) is 5.44. The largest absolute Gasteiger partial charge is 0.440 e. The molecule has 3 aromatic rings. The first-order valence-corrected chi connectivity index (χ1v) is 8.28. The molecule has 0 bridgehead atoms. The number of alkyl halides is 3. The SMILES string of the molecule is C#C.CF.CN(Cc1cccc(C(F)F)c1)/N=C\Cc1nc2ccccc2o1. The van der Waals surface area contributed by atoms with Crippen molar-refractivity contribution < 1.29 is 17.6 Å². The van der Waals surface area contributed by atoms with Gasteiger partial charge in [0, 0.05) is 18.8 Å². The van der Waals surface area contributed by atoms with Crippen LogP contribution in [0.5, 0.6) is 0 Å². The van der Waals surface area contributed by atoms with Gasteiger partial charge in [-0.1, -0.05) is 30.3 Å². The number of nitrogens with zero attached hydrogens (tertiary/aromatic N) is 3. The average Bonchev–Trinajstić information content (AvgIpc) is 3.14. The smallest absolute Gasteiger partial charge is 0.263 e. The maximum absolute atomic E-state index is 12.7. The van der Waals surface area contributed by atoms with Crippen LogP contribution in [0.3, 0.4) is 0 Å². The van der Waals surface area contributed by atoms with E-state index in [2.05, 4.69) is 22.9 Å². The fraction of sp³-hybridized carbons (Fsp3) is 0.238. The van der Waals surface area contributed by atoms with Gasteiger partial charge in [0.05, 0.1) is 20.1 Å². The Hall–Kier alpha value is -3.27. The van der Waals surface area contributed by atoms with E-state index in [9.17, 15) is 13.2 Å². The van der Waals surface area contributed by atoms with Crippen LogP contribution in [0.1, 0.15) is 23.4 Å². The summed E-state index contributed by atoms with van der Waals surface area (Å²) in [6.07, 6.45) is 7.70. The van der Waals surface area contributed by atoms with E-state index in [1.165, 1.54) is 12.1 Å². The Balaban J connectivity index is 0.000000921. The van der Waals surface area contributed by atoms with E-state index in [0.717, 1.165) is 16.7 Å². The molecule has 28 heavy (non-hydrogen) atoms. The van der Waals surface area contributed by atoms with Gasteiger partial charge in [0.15, 0.2) is 5.58 Å². The van der Waals surface area contributed by atoms with Gasteiger partial charge in [-0.2, -0.15) is 5.10 Å². The van der Waals surface area contributed by atoms with E-state index in [1.54, 1.807) is 30.4 Å². The van der Waals surface area contributed by atoms with E-state index in [1.807, 2.05) is 24.3 Å². The van der Waals surface area contributed by atoms with E-state index < -0.39 is 6.43 Å². The van der Waals surface area contributed by atoms with Gasteiger partial charge in [0.25, 0.3) is 6.43 Å². The van der Waals surface area contributed by atoms with Crippen molar-refractivity contribution in [1.29, 1.82) is 0 Å². The van der Waals surface area contributed by atoms with Gasteiger partial charge >= 0.3 is 0 Å². The van der Waals surface area contributed by atoms with Crippen molar-refractivity contribution in [2.75, 3.05) is 14.2 Å². The van der Waals surface area contributed by atoms with Crippen molar-refractivity contribution in [3.8, 4) is 12.8 Å². The van der Waals surface area contributed by atoms with Crippen LogP contribution in [0.2, 0.25) is 0 Å². The van der Waals surface area contributed by atoms with Crippen LogP contribution >= 0.6 is 0 Å². The minimum absolute atomic E-state index is 0.0244. The first kappa shape index (κ1) is 22.8. The molecule has 0 radical (unpaired) electrons. The van der Waals surface area contributed by atoms with Gasteiger partial charge in [0.1, 0.15) is 5.52 Å². The molecule has 0 amide bonds. The Morgan fingerprint density at radius 2 is 1.86 bits per heavy atom. The molecule has 0 unspecified atom stereocenters. The molecule has 2 aromatic carbocycles.